The lowest BCUT2D eigenvalue weighted by molar-refractivity contribution is 0.0383. The van der Waals surface area contributed by atoms with Crippen LogP contribution in [0.1, 0.15) is 32.8 Å². The Morgan fingerprint density at radius 3 is 2.84 bits per heavy atom. The van der Waals surface area contributed by atoms with Gasteiger partial charge in [-0.3, -0.25) is 0 Å². The van der Waals surface area contributed by atoms with Crippen LogP contribution in [-0.4, -0.2) is 22.2 Å². The van der Waals surface area contributed by atoms with Crippen molar-refractivity contribution in [2.24, 2.45) is 5.92 Å². The summed E-state index contributed by atoms with van der Waals surface area (Å²) in [6, 6.07) is 8.36. The van der Waals surface area contributed by atoms with Crippen LogP contribution in [0.2, 0.25) is 0 Å². The number of aromatic nitrogens is 1. The molecule has 0 bridgehead atoms. The standard InChI is InChI=1S/C16H24N2O/c1-12(2)9-16(3,19)11-17-10-14-6-4-5-13-7-8-18-15(13)14/h4-8,12,17-19H,9-11H2,1-3H3. The Morgan fingerprint density at radius 2 is 2.11 bits per heavy atom. The maximum Gasteiger partial charge on any atom is 0.0746 e. The second-order valence-corrected chi connectivity index (χ2v) is 6.06. The number of aromatic amines is 1. The van der Waals surface area contributed by atoms with E-state index < -0.39 is 5.60 Å². The van der Waals surface area contributed by atoms with E-state index in [-0.39, 0.29) is 0 Å². The van der Waals surface area contributed by atoms with Gasteiger partial charge in [-0.2, -0.15) is 0 Å². The fraction of sp³-hybridized carbons (Fsp3) is 0.500. The van der Waals surface area contributed by atoms with Crippen LogP contribution >= 0.6 is 0 Å². The zero-order valence-electron chi connectivity index (χ0n) is 12.0. The zero-order valence-corrected chi connectivity index (χ0v) is 12.0. The molecule has 0 spiro atoms. The van der Waals surface area contributed by atoms with Crippen LogP contribution in [-0.2, 0) is 6.54 Å². The first-order chi connectivity index (χ1) is 8.98. The Balaban J connectivity index is 1.94. The predicted molar refractivity (Wildman–Crippen MR) is 80.1 cm³/mol. The van der Waals surface area contributed by atoms with Crippen molar-refractivity contribution in [3.8, 4) is 0 Å². The van der Waals surface area contributed by atoms with Crippen LogP contribution in [0.5, 0.6) is 0 Å². The topological polar surface area (TPSA) is 48.0 Å². The highest BCUT2D eigenvalue weighted by Gasteiger charge is 2.21. The number of aliphatic hydroxyl groups is 1. The van der Waals surface area contributed by atoms with E-state index in [2.05, 4.69) is 48.4 Å². The number of nitrogens with one attached hydrogen (secondary N) is 2. The summed E-state index contributed by atoms with van der Waals surface area (Å²) in [5.41, 5.74) is 1.78. The van der Waals surface area contributed by atoms with E-state index in [0.29, 0.717) is 12.5 Å². The van der Waals surface area contributed by atoms with Crippen LogP contribution in [0, 0.1) is 5.92 Å². The van der Waals surface area contributed by atoms with Gasteiger partial charge in [0.15, 0.2) is 0 Å². The molecule has 3 nitrogen and oxygen atoms in total. The van der Waals surface area contributed by atoms with Crippen molar-refractivity contribution in [1.29, 1.82) is 0 Å². The van der Waals surface area contributed by atoms with Crippen molar-refractivity contribution in [2.75, 3.05) is 6.54 Å². The maximum absolute atomic E-state index is 10.3. The predicted octanol–water partition coefficient (Wildman–Crippen LogP) is 3.05. The molecule has 3 heteroatoms. The molecular formula is C16H24N2O. The van der Waals surface area contributed by atoms with E-state index in [4.69, 9.17) is 0 Å². The smallest absolute Gasteiger partial charge is 0.0746 e. The summed E-state index contributed by atoms with van der Waals surface area (Å²) in [6.07, 6.45) is 2.77. The van der Waals surface area contributed by atoms with E-state index in [1.807, 2.05) is 13.1 Å². The minimum absolute atomic E-state index is 0.503. The van der Waals surface area contributed by atoms with Crippen LogP contribution in [0.25, 0.3) is 10.9 Å². The summed E-state index contributed by atoms with van der Waals surface area (Å²) in [7, 11) is 0. The number of hydrogen-bond donors (Lipinski definition) is 3. The van der Waals surface area contributed by atoms with Gasteiger partial charge in [-0.1, -0.05) is 32.0 Å². The second-order valence-electron chi connectivity index (χ2n) is 6.06. The Kier molecular flexibility index (Phi) is 4.27. The Bertz CT molecular complexity index is 528. The molecule has 3 N–H and O–H groups in total. The first kappa shape index (κ1) is 14.1. The monoisotopic (exact) mass is 260 g/mol. The van der Waals surface area contributed by atoms with Gasteiger partial charge >= 0.3 is 0 Å². The molecule has 0 saturated heterocycles. The molecular weight excluding hydrogens is 236 g/mol. The van der Waals surface area contributed by atoms with Crippen molar-refractivity contribution in [3.63, 3.8) is 0 Å². The molecule has 1 aromatic heterocycles. The molecule has 0 radical (unpaired) electrons. The van der Waals surface area contributed by atoms with Gasteiger partial charge in [-0.15, -0.1) is 0 Å². The summed E-state index contributed by atoms with van der Waals surface area (Å²) in [5, 5.41) is 14.9. The highest BCUT2D eigenvalue weighted by Crippen LogP contribution is 2.18. The zero-order chi connectivity index (χ0) is 13.9. The van der Waals surface area contributed by atoms with Gasteiger partial charge in [0.1, 0.15) is 0 Å². The van der Waals surface area contributed by atoms with Gasteiger partial charge in [0.05, 0.1) is 5.60 Å². The van der Waals surface area contributed by atoms with Crippen molar-refractivity contribution in [1.82, 2.24) is 10.3 Å². The van der Waals surface area contributed by atoms with E-state index in [9.17, 15) is 5.11 Å². The molecule has 104 valence electrons. The van der Waals surface area contributed by atoms with Crippen LogP contribution in [0.15, 0.2) is 30.5 Å². The molecule has 2 aromatic rings. The lowest BCUT2D eigenvalue weighted by Crippen LogP contribution is -2.38. The number of hydrogen-bond acceptors (Lipinski definition) is 2. The lowest BCUT2D eigenvalue weighted by Gasteiger charge is -2.25. The first-order valence-electron chi connectivity index (χ1n) is 6.96. The molecule has 1 aromatic carbocycles. The van der Waals surface area contributed by atoms with Crippen molar-refractivity contribution in [3.05, 3.63) is 36.0 Å². The average molecular weight is 260 g/mol. The van der Waals surface area contributed by atoms with E-state index in [1.165, 1.54) is 16.5 Å². The number of H-pyrrole nitrogens is 1. The maximum atomic E-state index is 10.3. The number of fused-ring (bicyclic) bond motifs is 1. The van der Waals surface area contributed by atoms with E-state index in [1.54, 1.807) is 0 Å². The Morgan fingerprint density at radius 1 is 1.32 bits per heavy atom. The summed E-state index contributed by atoms with van der Waals surface area (Å²) in [4.78, 5) is 3.27. The number of para-hydroxylation sites is 1. The molecule has 0 fully saturated rings. The van der Waals surface area contributed by atoms with Gasteiger partial charge in [0, 0.05) is 24.8 Å². The van der Waals surface area contributed by atoms with Crippen LogP contribution in [0.4, 0.5) is 0 Å². The van der Waals surface area contributed by atoms with Crippen molar-refractivity contribution in [2.45, 2.75) is 39.3 Å². The first-order valence-corrected chi connectivity index (χ1v) is 6.96. The summed E-state index contributed by atoms with van der Waals surface area (Å²) in [5.74, 6) is 0.503. The highest BCUT2D eigenvalue weighted by molar-refractivity contribution is 5.82. The third kappa shape index (κ3) is 3.82. The lowest BCUT2D eigenvalue weighted by atomic mass is 9.94. The Labute approximate surface area is 115 Å². The van der Waals surface area contributed by atoms with Crippen LogP contribution < -0.4 is 5.32 Å². The largest absolute Gasteiger partial charge is 0.389 e. The van der Waals surface area contributed by atoms with Gasteiger partial charge in [0.25, 0.3) is 0 Å². The van der Waals surface area contributed by atoms with Gasteiger partial charge in [-0.05, 0) is 36.3 Å². The number of benzene rings is 1. The van der Waals surface area contributed by atoms with E-state index in [0.717, 1.165) is 13.0 Å². The third-order valence-electron chi connectivity index (χ3n) is 3.34. The van der Waals surface area contributed by atoms with Crippen LogP contribution in [0.3, 0.4) is 0 Å². The molecule has 0 amide bonds. The fourth-order valence-electron chi connectivity index (χ4n) is 2.72. The Hall–Kier alpha value is -1.32. The SMILES string of the molecule is CC(C)CC(C)(O)CNCc1cccc2cc[nH]c12. The summed E-state index contributed by atoms with van der Waals surface area (Å²) >= 11 is 0. The minimum Gasteiger partial charge on any atom is -0.389 e. The molecule has 2 rings (SSSR count). The number of rotatable bonds is 6. The molecule has 19 heavy (non-hydrogen) atoms. The third-order valence-corrected chi connectivity index (χ3v) is 3.34. The van der Waals surface area contributed by atoms with Crippen molar-refractivity contribution >= 4 is 10.9 Å². The molecule has 0 aliphatic rings. The summed E-state index contributed by atoms with van der Waals surface area (Å²) in [6.45, 7) is 7.55. The molecule has 0 saturated carbocycles. The van der Waals surface area contributed by atoms with E-state index >= 15 is 0 Å². The average Bonchev–Trinajstić information content (AvgIpc) is 2.75. The molecule has 0 aliphatic heterocycles. The molecule has 0 aliphatic carbocycles. The second kappa shape index (κ2) is 5.76. The van der Waals surface area contributed by atoms with Crippen molar-refractivity contribution < 1.29 is 5.11 Å². The van der Waals surface area contributed by atoms with Gasteiger partial charge in [-0.25, -0.2) is 0 Å². The summed E-state index contributed by atoms with van der Waals surface area (Å²) < 4.78 is 0. The normalized spacial score (nSPS) is 15.0. The minimum atomic E-state index is -0.641. The fourth-order valence-corrected chi connectivity index (χ4v) is 2.72. The molecule has 1 unspecified atom stereocenters. The van der Waals surface area contributed by atoms with Gasteiger partial charge < -0.3 is 15.4 Å². The van der Waals surface area contributed by atoms with Gasteiger partial charge in [0.2, 0.25) is 0 Å². The quantitative estimate of drug-likeness (QED) is 0.747. The highest BCUT2D eigenvalue weighted by atomic mass is 16.3. The molecule has 1 heterocycles. The molecule has 1 atom stereocenters.